The molecule has 2 fully saturated rings. The van der Waals surface area contributed by atoms with Crippen LogP contribution in [0, 0.1) is 11.8 Å². The van der Waals surface area contributed by atoms with Crippen LogP contribution in [0.4, 0.5) is 5.69 Å². The quantitative estimate of drug-likeness (QED) is 0.804. The van der Waals surface area contributed by atoms with Crippen LogP contribution in [0.25, 0.3) is 0 Å². The number of ether oxygens (including phenoxy) is 1. The number of esters is 1. The predicted octanol–water partition coefficient (Wildman–Crippen LogP) is 3.36. The van der Waals surface area contributed by atoms with E-state index < -0.39 is 0 Å². The fourth-order valence-electron chi connectivity index (χ4n) is 4.20. The van der Waals surface area contributed by atoms with Gasteiger partial charge >= 0.3 is 5.97 Å². The van der Waals surface area contributed by atoms with Crippen LogP contribution in [-0.2, 0) is 9.53 Å². The van der Waals surface area contributed by atoms with Crippen LogP contribution in [-0.4, -0.2) is 31.1 Å². The summed E-state index contributed by atoms with van der Waals surface area (Å²) in [4.78, 5) is 24.4. The first-order valence-corrected chi connectivity index (χ1v) is 9.50. The molecule has 2 N–H and O–H groups in total. The highest BCUT2D eigenvalue weighted by Gasteiger charge is 2.38. The number of benzene rings is 1. The number of rotatable bonds is 5. The van der Waals surface area contributed by atoms with Crippen LogP contribution < -0.4 is 10.6 Å². The zero-order valence-electron chi connectivity index (χ0n) is 14.9. The van der Waals surface area contributed by atoms with Gasteiger partial charge in [-0.15, -0.1) is 0 Å². The van der Waals surface area contributed by atoms with Crippen LogP contribution in [0.1, 0.15) is 55.8 Å². The van der Waals surface area contributed by atoms with Gasteiger partial charge in [0, 0.05) is 5.69 Å². The van der Waals surface area contributed by atoms with E-state index >= 15 is 0 Å². The van der Waals surface area contributed by atoms with Crippen LogP contribution in [0.15, 0.2) is 24.3 Å². The van der Waals surface area contributed by atoms with Gasteiger partial charge in [0.1, 0.15) is 0 Å². The van der Waals surface area contributed by atoms with Crippen molar-refractivity contribution in [1.29, 1.82) is 0 Å². The van der Waals surface area contributed by atoms with Crippen molar-refractivity contribution in [2.45, 2.75) is 51.5 Å². The molecule has 5 heteroatoms. The van der Waals surface area contributed by atoms with Crippen LogP contribution in [0.5, 0.6) is 0 Å². The van der Waals surface area contributed by atoms with Crippen molar-refractivity contribution >= 4 is 17.6 Å². The molecule has 5 nitrogen and oxygen atoms in total. The van der Waals surface area contributed by atoms with Gasteiger partial charge < -0.3 is 15.4 Å². The van der Waals surface area contributed by atoms with Gasteiger partial charge in [-0.05, 0) is 56.0 Å². The molecule has 1 heterocycles. The first kappa shape index (κ1) is 17.9. The average molecular weight is 344 g/mol. The monoisotopic (exact) mass is 344 g/mol. The van der Waals surface area contributed by atoms with Crippen molar-refractivity contribution in [2.75, 3.05) is 18.5 Å². The van der Waals surface area contributed by atoms with Crippen molar-refractivity contribution in [2.24, 2.45) is 11.8 Å². The summed E-state index contributed by atoms with van der Waals surface area (Å²) in [5, 5.41) is 6.38. The van der Waals surface area contributed by atoms with E-state index in [1.165, 1.54) is 32.1 Å². The first-order chi connectivity index (χ1) is 12.2. The number of hydrogen-bond acceptors (Lipinski definition) is 4. The minimum atomic E-state index is -0.338. The van der Waals surface area contributed by atoms with Gasteiger partial charge in [0.15, 0.2) is 0 Å². The standard InChI is InChI=1S/C20H28N2O3/c1-2-25-20(24)15-8-10-16(11-9-15)22-19(23)18-17(12-13-21-18)14-6-4-3-5-7-14/h8-11,14,17-18,21H,2-7,12-13H2,1H3,(H,22,23)/t17?,18-/m0/s1. The predicted molar refractivity (Wildman–Crippen MR) is 97.5 cm³/mol. The zero-order chi connectivity index (χ0) is 17.6. The maximum atomic E-state index is 12.7. The normalized spacial score (nSPS) is 24.0. The number of carbonyl (C=O) groups is 2. The second kappa shape index (κ2) is 8.48. The molecular weight excluding hydrogens is 316 g/mol. The third kappa shape index (κ3) is 4.40. The minimum absolute atomic E-state index is 0.0389. The lowest BCUT2D eigenvalue weighted by atomic mass is 9.76. The SMILES string of the molecule is CCOC(=O)c1ccc(NC(=O)[C@H]2NCCC2C2CCCCC2)cc1. The molecule has 25 heavy (non-hydrogen) atoms. The number of anilines is 1. The van der Waals surface area contributed by atoms with Crippen molar-refractivity contribution < 1.29 is 14.3 Å². The Morgan fingerprint density at radius 1 is 1.12 bits per heavy atom. The molecule has 1 aliphatic heterocycles. The lowest BCUT2D eigenvalue weighted by Gasteiger charge is -2.30. The lowest BCUT2D eigenvalue weighted by molar-refractivity contribution is -0.119. The summed E-state index contributed by atoms with van der Waals surface area (Å²) in [6.07, 6.45) is 7.52. The van der Waals surface area contributed by atoms with E-state index in [-0.39, 0.29) is 17.9 Å². The molecule has 1 aliphatic carbocycles. The molecular formula is C20H28N2O3. The number of nitrogens with one attached hydrogen (secondary N) is 2. The first-order valence-electron chi connectivity index (χ1n) is 9.50. The fourth-order valence-corrected chi connectivity index (χ4v) is 4.20. The Bertz CT molecular complexity index is 593. The number of hydrogen-bond donors (Lipinski definition) is 2. The Labute approximate surface area is 149 Å². The van der Waals surface area contributed by atoms with E-state index in [2.05, 4.69) is 10.6 Å². The van der Waals surface area contributed by atoms with Gasteiger partial charge in [0.2, 0.25) is 5.91 Å². The molecule has 1 saturated heterocycles. The second-order valence-corrected chi connectivity index (χ2v) is 7.07. The highest BCUT2D eigenvalue weighted by molar-refractivity contribution is 5.96. The van der Waals surface area contributed by atoms with E-state index in [0.29, 0.717) is 29.7 Å². The van der Waals surface area contributed by atoms with Crippen LogP contribution in [0.2, 0.25) is 0 Å². The smallest absolute Gasteiger partial charge is 0.338 e. The summed E-state index contributed by atoms with van der Waals surface area (Å²) in [7, 11) is 0. The van der Waals surface area contributed by atoms with E-state index in [4.69, 9.17) is 4.74 Å². The summed E-state index contributed by atoms with van der Waals surface area (Å²) in [6, 6.07) is 6.79. The number of carbonyl (C=O) groups excluding carboxylic acids is 2. The number of amides is 1. The Hall–Kier alpha value is -1.88. The molecule has 0 spiro atoms. The summed E-state index contributed by atoms with van der Waals surface area (Å²) < 4.78 is 4.98. The van der Waals surface area contributed by atoms with E-state index in [1.807, 2.05) is 0 Å². The molecule has 1 unspecified atom stereocenters. The van der Waals surface area contributed by atoms with Crippen molar-refractivity contribution in [3.05, 3.63) is 29.8 Å². The molecule has 136 valence electrons. The maximum Gasteiger partial charge on any atom is 0.338 e. The second-order valence-electron chi connectivity index (χ2n) is 7.07. The highest BCUT2D eigenvalue weighted by Crippen LogP contribution is 2.36. The van der Waals surface area contributed by atoms with Gasteiger partial charge in [-0.2, -0.15) is 0 Å². The molecule has 1 amide bonds. The summed E-state index contributed by atoms with van der Waals surface area (Å²) in [5.41, 5.74) is 1.22. The molecule has 1 aromatic rings. The molecule has 0 bridgehead atoms. The van der Waals surface area contributed by atoms with Crippen molar-refractivity contribution in [1.82, 2.24) is 5.32 Å². The Morgan fingerprint density at radius 3 is 2.52 bits per heavy atom. The molecule has 3 rings (SSSR count). The summed E-state index contributed by atoms with van der Waals surface area (Å²) in [6.45, 7) is 3.05. The summed E-state index contributed by atoms with van der Waals surface area (Å²) in [5.74, 6) is 0.817. The Morgan fingerprint density at radius 2 is 1.84 bits per heavy atom. The van der Waals surface area contributed by atoms with E-state index in [9.17, 15) is 9.59 Å². The van der Waals surface area contributed by atoms with Crippen molar-refractivity contribution in [3.8, 4) is 0 Å². The van der Waals surface area contributed by atoms with Gasteiger partial charge in [0.05, 0.1) is 18.2 Å². The lowest BCUT2D eigenvalue weighted by Crippen LogP contribution is -2.42. The minimum Gasteiger partial charge on any atom is -0.462 e. The van der Waals surface area contributed by atoms with E-state index in [1.54, 1.807) is 31.2 Å². The van der Waals surface area contributed by atoms with Crippen LogP contribution >= 0.6 is 0 Å². The third-order valence-electron chi connectivity index (χ3n) is 5.47. The Kier molecular flexibility index (Phi) is 6.08. The molecule has 2 aliphatic rings. The van der Waals surface area contributed by atoms with Crippen molar-refractivity contribution in [3.63, 3.8) is 0 Å². The third-order valence-corrected chi connectivity index (χ3v) is 5.47. The van der Waals surface area contributed by atoms with Crippen LogP contribution in [0.3, 0.4) is 0 Å². The van der Waals surface area contributed by atoms with E-state index in [0.717, 1.165) is 13.0 Å². The van der Waals surface area contributed by atoms with Gasteiger partial charge in [-0.25, -0.2) is 4.79 Å². The summed E-state index contributed by atoms with van der Waals surface area (Å²) >= 11 is 0. The largest absolute Gasteiger partial charge is 0.462 e. The van der Waals surface area contributed by atoms with Gasteiger partial charge in [-0.3, -0.25) is 4.79 Å². The topological polar surface area (TPSA) is 67.4 Å². The molecule has 2 atom stereocenters. The van der Waals surface area contributed by atoms with Gasteiger partial charge in [-0.1, -0.05) is 32.1 Å². The molecule has 1 aromatic carbocycles. The zero-order valence-corrected chi connectivity index (χ0v) is 14.9. The average Bonchev–Trinajstić information content (AvgIpc) is 3.13. The fraction of sp³-hybridized carbons (Fsp3) is 0.600. The Balaban J connectivity index is 1.60. The maximum absolute atomic E-state index is 12.7. The molecule has 1 saturated carbocycles. The highest BCUT2D eigenvalue weighted by atomic mass is 16.5. The molecule has 0 aromatic heterocycles. The van der Waals surface area contributed by atoms with Gasteiger partial charge in [0.25, 0.3) is 0 Å². The molecule has 0 radical (unpaired) electrons.